The highest BCUT2D eigenvalue weighted by molar-refractivity contribution is 6.31. The summed E-state index contributed by atoms with van der Waals surface area (Å²) in [6.45, 7) is 4.19. The number of hydrogen-bond donors (Lipinski definition) is 0. The molecule has 0 radical (unpaired) electrons. The monoisotopic (exact) mass is 328 g/mol. The minimum Gasteiger partial charge on any atom is -0.351 e. The molecule has 0 amide bonds. The zero-order valence-electron chi connectivity index (χ0n) is 12.7. The zero-order chi connectivity index (χ0) is 15.4. The molecule has 118 valence electrons. The molecule has 2 fully saturated rings. The molecule has 0 unspecified atom stereocenters. The molecule has 6 nitrogen and oxygen atoms in total. The van der Waals surface area contributed by atoms with Crippen molar-refractivity contribution in [1.82, 2.24) is 24.5 Å². The first kappa shape index (κ1) is 13.5. The topological polar surface area (TPSA) is 49.6 Å². The van der Waals surface area contributed by atoms with Gasteiger partial charge in [0.1, 0.15) is 6.33 Å². The second-order valence-electron chi connectivity index (χ2n) is 6.35. The molecule has 2 aromatic heterocycles. The van der Waals surface area contributed by atoms with E-state index in [-0.39, 0.29) is 0 Å². The summed E-state index contributed by atoms with van der Waals surface area (Å²) >= 11 is 6.13. The van der Waals surface area contributed by atoms with Gasteiger partial charge in [0.15, 0.2) is 5.82 Å². The number of piperazine rings is 1. The van der Waals surface area contributed by atoms with Gasteiger partial charge in [-0.05, 0) is 31.0 Å². The molecule has 23 heavy (non-hydrogen) atoms. The fourth-order valence-corrected chi connectivity index (χ4v) is 3.63. The van der Waals surface area contributed by atoms with Gasteiger partial charge in [-0.3, -0.25) is 9.30 Å². The first-order valence-corrected chi connectivity index (χ1v) is 8.45. The Balaban J connectivity index is 1.57. The van der Waals surface area contributed by atoms with Crippen molar-refractivity contribution < 1.29 is 0 Å². The van der Waals surface area contributed by atoms with Crippen LogP contribution in [0.5, 0.6) is 0 Å². The normalized spacial score (nSPS) is 19.8. The van der Waals surface area contributed by atoms with E-state index in [4.69, 9.17) is 16.6 Å². The number of halogens is 1. The number of aromatic nitrogens is 4. The predicted molar refractivity (Wildman–Crippen MR) is 90.1 cm³/mol. The standard InChI is InChI=1S/C16H17ClN6/c17-11-1-4-13-14(9-11)23-10-18-20-16(23)15(19-13)22-7-5-21(6-8-22)12-2-3-12/h1,4,9-10,12H,2-3,5-8H2. The molecule has 0 spiro atoms. The van der Waals surface area contributed by atoms with E-state index >= 15 is 0 Å². The number of nitrogens with zero attached hydrogens (tertiary/aromatic N) is 6. The minimum atomic E-state index is 0.695. The van der Waals surface area contributed by atoms with Crippen molar-refractivity contribution in [2.24, 2.45) is 0 Å². The zero-order valence-corrected chi connectivity index (χ0v) is 13.4. The summed E-state index contributed by atoms with van der Waals surface area (Å²) in [6.07, 6.45) is 4.46. The molecule has 3 heterocycles. The lowest BCUT2D eigenvalue weighted by atomic mass is 10.2. The van der Waals surface area contributed by atoms with E-state index in [1.165, 1.54) is 12.8 Å². The van der Waals surface area contributed by atoms with Gasteiger partial charge >= 0.3 is 0 Å². The Morgan fingerprint density at radius 3 is 2.70 bits per heavy atom. The highest BCUT2D eigenvalue weighted by Crippen LogP contribution is 2.30. The summed E-state index contributed by atoms with van der Waals surface area (Å²) in [6, 6.07) is 6.58. The molecule has 7 heteroatoms. The Morgan fingerprint density at radius 1 is 1.09 bits per heavy atom. The van der Waals surface area contributed by atoms with Gasteiger partial charge < -0.3 is 4.90 Å². The maximum atomic E-state index is 6.13. The number of rotatable bonds is 2. The molecule has 3 aromatic rings. The third-order valence-electron chi connectivity index (χ3n) is 4.85. The van der Waals surface area contributed by atoms with Gasteiger partial charge in [-0.25, -0.2) is 4.98 Å². The summed E-state index contributed by atoms with van der Waals surface area (Å²) < 4.78 is 1.98. The van der Waals surface area contributed by atoms with Crippen LogP contribution >= 0.6 is 11.6 Å². The molecule has 1 aliphatic carbocycles. The third-order valence-corrected chi connectivity index (χ3v) is 5.08. The highest BCUT2D eigenvalue weighted by Gasteiger charge is 2.32. The van der Waals surface area contributed by atoms with E-state index in [2.05, 4.69) is 20.0 Å². The fraction of sp³-hybridized carbons (Fsp3) is 0.438. The van der Waals surface area contributed by atoms with Crippen LogP contribution < -0.4 is 4.90 Å². The quantitative estimate of drug-likeness (QED) is 0.722. The maximum Gasteiger partial charge on any atom is 0.204 e. The first-order chi connectivity index (χ1) is 11.3. The van der Waals surface area contributed by atoms with Crippen molar-refractivity contribution in [3.63, 3.8) is 0 Å². The largest absolute Gasteiger partial charge is 0.351 e. The lowest BCUT2D eigenvalue weighted by Gasteiger charge is -2.35. The lowest BCUT2D eigenvalue weighted by Crippen LogP contribution is -2.47. The highest BCUT2D eigenvalue weighted by atomic mass is 35.5. The van der Waals surface area contributed by atoms with Crippen LogP contribution in [0.15, 0.2) is 24.5 Å². The molecule has 1 aromatic carbocycles. The summed E-state index contributed by atoms with van der Waals surface area (Å²) in [7, 11) is 0. The van der Waals surface area contributed by atoms with E-state index in [1.807, 2.05) is 22.6 Å². The third kappa shape index (κ3) is 2.24. The second kappa shape index (κ2) is 5.04. The summed E-state index contributed by atoms with van der Waals surface area (Å²) in [5.74, 6) is 0.924. The van der Waals surface area contributed by atoms with Gasteiger partial charge in [0.05, 0.1) is 11.0 Å². The van der Waals surface area contributed by atoms with Gasteiger partial charge in [0.2, 0.25) is 5.65 Å². The van der Waals surface area contributed by atoms with Crippen LogP contribution in [-0.2, 0) is 0 Å². The molecule has 0 bridgehead atoms. The average molecular weight is 329 g/mol. The van der Waals surface area contributed by atoms with Gasteiger partial charge in [-0.15, -0.1) is 10.2 Å². The predicted octanol–water partition coefficient (Wildman–Crippen LogP) is 2.22. The van der Waals surface area contributed by atoms with Crippen LogP contribution in [0.1, 0.15) is 12.8 Å². The number of benzene rings is 1. The number of hydrogen-bond acceptors (Lipinski definition) is 5. The Morgan fingerprint density at radius 2 is 1.91 bits per heavy atom. The molecule has 2 aliphatic rings. The van der Waals surface area contributed by atoms with E-state index < -0.39 is 0 Å². The average Bonchev–Trinajstić information content (AvgIpc) is 3.31. The van der Waals surface area contributed by atoms with Crippen molar-refractivity contribution in [3.05, 3.63) is 29.5 Å². The molecule has 1 aliphatic heterocycles. The van der Waals surface area contributed by atoms with Crippen molar-refractivity contribution in [2.45, 2.75) is 18.9 Å². The molecular weight excluding hydrogens is 312 g/mol. The van der Waals surface area contributed by atoms with Gasteiger partial charge in [0.25, 0.3) is 0 Å². The molecule has 5 rings (SSSR count). The molecular formula is C16H17ClN6. The van der Waals surface area contributed by atoms with E-state index in [0.29, 0.717) is 5.02 Å². The van der Waals surface area contributed by atoms with Crippen molar-refractivity contribution in [3.8, 4) is 0 Å². The summed E-state index contributed by atoms with van der Waals surface area (Å²) in [5.41, 5.74) is 2.67. The first-order valence-electron chi connectivity index (χ1n) is 8.07. The van der Waals surface area contributed by atoms with Crippen LogP contribution in [0.4, 0.5) is 5.82 Å². The van der Waals surface area contributed by atoms with Crippen LogP contribution in [-0.4, -0.2) is 56.7 Å². The van der Waals surface area contributed by atoms with E-state index in [1.54, 1.807) is 6.33 Å². The van der Waals surface area contributed by atoms with Crippen molar-refractivity contribution in [2.75, 3.05) is 31.1 Å². The SMILES string of the molecule is Clc1ccc2nc(N3CCN(C4CC4)CC3)c3nncn3c2c1. The van der Waals surface area contributed by atoms with E-state index in [0.717, 1.165) is 54.7 Å². The van der Waals surface area contributed by atoms with Crippen LogP contribution in [0.25, 0.3) is 16.7 Å². The van der Waals surface area contributed by atoms with Crippen LogP contribution in [0.3, 0.4) is 0 Å². The molecule has 0 atom stereocenters. The second-order valence-corrected chi connectivity index (χ2v) is 6.78. The smallest absolute Gasteiger partial charge is 0.204 e. The fourth-order valence-electron chi connectivity index (χ4n) is 3.46. The number of fused-ring (bicyclic) bond motifs is 3. The van der Waals surface area contributed by atoms with Crippen LogP contribution in [0, 0.1) is 0 Å². The molecule has 1 saturated carbocycles. The Labute approximate surface area is 138 Å². The van der Waals surface area contributed by atoms with Crippen LogP contribution in [0.2, 0.25) is 5.02 Å². The Hall–Kier alpha value is -1.92. The molecule has 1 saturated heterocycles. The summed E-state index contributed by atoms with van der Waals surface area (Å²) in [5, 5.41) is 9.07. The van der Waals surface area contributed by atoms with Crippen molar-refractivity contribution in [1.29, 1.82) is 0 Å². The van der Waals surface area contributed by atoms with Gasteiger partial charge in [-0.2, -0.15) is 0 Å². The number of anilines is 1. The summed E-state index contributed by atoms with van der Waals surface area (Å²) in [4.78, 5) is 9.78. The van der Waals surface area contributed by atoms with Crippen molar-refractivity contribution >= 4 is 34.1 Å². The van der Waals surface area contributed by atoms with Gasteiger partial charge in [0, 0.05) is 37.2 Å². The van der Waals surface area contributed by atoms with E-state index in [9.17, 15) is 0 Å². The molecule has 0 N–H and O–H groups in total. The van der Waals surface area contributed by atoms with Gasteiger partial charge in [-0.1, -0.05) is 11.6 Å². The maximum absolute atomic E-state index is 6.13. The Kier molecular flexibility index (Phi) is 2.96. The lowest BCUT2D eigenvalue weighted by molar-refractivity contribution is 0.248. The minimum absolute atomic E-state index is 0.695. The Bertz CT molecular complexity index is 879.